The zero-order valence-electron chi connectivity index (χ0n) is 10.7. The first kappa shape index (κ1) is 11.5. The zero-order valence-corrected chi connectivity index (χ0v) is 10.7. The summed E-state index contributed by atoms with van der Waals surface area (Å²) in [6.07, 6.45) is 9.38. The molecule has 3 nitrogen and oxygen atoms in total. The van der Waals surface area contributed by atoms with Crippen molar-refractivity contribution in [2.45, 2.75) is 51.0 Å². The Hall–Kier alpha value is -0.570. The highest BCUT2D eigenvalue weighted by atomic mass is 16.5. The molecule has 3 aliphatic rings. The van der Waals surface area contributed by atoms with Gasteiger partial charge in [-0.1, -0.05) is 19.3 Å². The molecule has 2 aliphatic heterocycles. The monoisotopic (exact) mass is 236 g/mol. The molecule has 0 radical (unpaired) electrons. The Kier molecular flexibility index (Phi) is 3.65. The summed E-state index contributed by atoms with van der Waals surface area (Å²) in [5.41, 5.74) is 0. The molecule has 1 N–H and O–H groups in total. The maximum absolute atomic E-state index is 5.88. The number of hydrogen-bond acceptors (Lipinski definition) is 3. The number of ether oxygens (including phenoxy) is 1. The van der Waals surface area contributed by atoms with Gasteiger partial charge in [-0.3, -0.25) is 0 Å². The molecular formula is C14H24N2O. The van der Waals surface area contributed by atoms with Crippen molar-refractivity contribution >= 4 is 5.90 Å². The molecule has 1 aliphatic carbocycles. The van der Waals surface area contributed by atoms with Crippen LogP contribution in [0.25, 0.3) is 0 Å². The zero-order chi connectivity index (χ0) is 11.5. The van der Waals surface area contributed by atoms with E-state index in [1.807, 2.05) is 0 Å². The molecule has 1 atom stereocenters. The molecule has 96 valence electrons. The van der Waals surface area contributed by atoms with E-state index in [1.54, 1.807) is 0 Å². The molecule has 17 heavy (non-hydrogen) atoms. The lowest BCUT2D eigenvalue weighted by Gasteiger charge is -2.24. The van der Waals surface area contributed by atoms with Crippen LogP contribution >= 0.6 is 0 Å². The maximum Gasteiger partial charge on any atom is 0.186 e. The second kappa shape index (κ2) is 5.38. The molecule has 1 unspecified atom stereocenters. The van der Waals surface area contributed by atoms with Crippen LogP contribution in [0.5, 0.6) is 0 Å². The van der Waals surface area contributed by atoms with E-state index in [1.165, 1.54) is 44.9 Å². The molecule has 0 amide bonds. The van der Waals surface area contributed by atoms with Crippen molar-refractivity contribution in [3.63, 3.8) is 0 Å². The van der Waals surface area contributed by atoms with E-state index < -0.39 is 0 Å². The molecule has 0 bridgehead atoms. The molecular weight excluding hydrogens is 212 g/mol. The van der Waals surface area contributed by atoms with Crippen molar-refractivity contribution in [2.24, 2.45) is 16.8 Å². The average Bonchev–Trinajstić information content (AvgIpc) is 2.90. The summed E-state index contributed by atoms with van der Waals surface area (Å²) in [6, 6.07) is 0.486. The van der Waals surface area contributed by atoms with Crippen molar-refractivity contribution in [2.75, 3.05) is 19.7 Å². The molecule has 3 rings (SSSR count). The van der Waals surface area contributed by atoms with Crippen LogP contribution in [0, 0.1) is 11.8 Å². The van der Waals surface area contributed by atoms with Crippen molar-refractivity contribution < 1.29 is 4.74 Å². The first-order chi connectivity index (χ1) is 8.43. The van der Waals surface area contributed by atoms with Crippen LogP contribution in [0.1, 0.15) is 44.9 Å². The van der Waals surface area contributed by atoms with Gasteiger partial charge in [-0.2, -0.15) is 0 Å². The molecule has 0 spiro atoms. The van der Waals surface area contributed by atoms with E-state index in [2.05, 4.69) is 5.32 Å². The Labute approximate surface area is 104 Å². The number of rotatable bonds is 2. The second-order valence-corrected chi connectivity index (χ2v) is 5.77. The van der Waals surface area contributed by atoms with Gasteiger partial charge in [0.15, 0.2) is 5.90 Å². The second-order valence-electron chi connectivity index (χ2n) is 5.77. The van der Waals surface area contributed by atoms with Gasteiger partial charge in [-0.05, 0) is 44.7 Å². The van der Waals surface area contributed by atoms with Gasteiger partial charge in [0.05, 0.1) is 6.04 Å². The predicted molar refractivity (Wildman–Crippen MR) is 69.3 cm³/mol. The van der Waals surface area contributed by atoms with Gasteiger partial charge in [-0.15, -0.1) is 0 Å². The largest absolute Gasteiger partial charge is 0.478 e. The molecule has 1 saturated heterocycles. The lowest BCUT2D eigenvalue weighted by Crippen LogP contribution is -2.31. The quantitative estimate of drug-likeness (QED) is 0.798. The minimum atomic E-state index is 0.486. The van der Waals surface area contributed by atoms with E-state index in [4.69, 9.17) is 9.73 Å². The fourth-order valence-corrected chi connectivity index (χ4v) is 3.46. The van der Waals surface area contributed by atoms with Gasteiger partial charge in [0.1, 0.15) is 6.61 Å². The highest BCUT2D eigenvalue weighted by molar-refractivity contribution is 5.80. The first-order valence-corrected chi connectivity index (χ1v) is 7.34. The summed E-state index contributed by atoms with van der Waals surface area (Å²) in [7, 11) is 0. The SMILES string of the molecule is C1CCC(C2COC(C3CCNCC3)=N2)CC1. The fourth-order valence-electron chi connectivity index (χ4n) is 3.46. The summed E-state index contributed by atoms with van der Waals surface area (Å²) < 4.78 is 5.88. The minimum absolute atomic E-state index is 0.486. The Morgan fingerprint density at radius 1 is 1.00 bits per heavy atom. The van der Waals surface area contributed by atoms with E-state index in [9.17, 15) is 0 Å². The molecule has 0 aromatic heterocycles. The number of nitrogens with one attached hydrogen (secondary N) is 1. The van der Waals surface area contributed by atoms with E-state index in [-0.39, 0.29) is 0 Å². The minimum Gasteiger partial charge on any atom is -0.478 e. The Balaban J connectivity index is 1.59. The van der Waals surface area contributed by atoms with E-state index in [0.717, 1.165) is 31.5 Å². The van der Waals surface area contributed by atoms with Gasteiger partial charge in [-0.25, -0.2) is 4.99 Å². The smallest absolute Gasteiger partial charge is 0.186 e. The summed E-state index contributed by atoms with van der Waals surface area (Å²) in [6.45, 7) is 3.12. The number of nitrogens with zero attached hydrogens (tertiary/aromatic N) is 1. The average molecular weight is 236 g/mol. The van der Waals surface area contributed by atoms with Crippen LogP contribution in [-0.4, -0.2) is 31.6 Å². The molecule has 2 heterocycles. The van der Waals surface area contributed by atoms with Gasteiger partial charge in [0.25, 0.3) is 0 Å². The molecule has 0 aromatic rings. The van der Waals surface area contributed by atoms with Crippen molar-refractivity contribution in [3.8, 4) is 0 Å². The topological polar surface area (TPSA) is 33.6 Å². The summed E-state index contributed by atoms with van der Waals surface area (Å²) >= 11 is 0. The third kappa shape index (κ3) is 2.65. The standard InChI is InChI=1S/C14H24N2O/c1-2-4-11(5-3-1)13-10-17-14(16-13)12-6-8-15-9-7-12/h11-13,15H,1-10H2. The highest BCUT2D eigenvalue weighted by Crippen LogP contribution is 2.31. The summed E-state index contributed by atoms with van der Waals surface area (Å²) in [4.78, 5) is 4.90. The van der Waals surface area contributed by atoms with Crippen LogP contribution in [0.15, 0.2) is 4.99 Å². The van der Waals surface area contributed by atoms with E-state index in [0.29, 0.717) is 12.0 Å². The number of hydrogen-bond donors (Lipinski definition) is 1. The molecule has 2 fully saturated rings. The van der Waals surface area contributed by atoms with Crippen LogP contribution in [0.4, 0.5) is 0 Å². The van der Waals surface area contributed by atoms with E-state index >= 15 is 0 Å². The first-order valence-electron chi connectivity index (χ1n) is 7.34. The third-order valence-corrected chi connectivity index (χ3v) is 4.58. The predicted octanol–water partition coefficient (Wildman–Crippen LogP) is 2.36. The Morgan fingerprint density at radius 2 is 1.76 bits per heavy atom. The molecule has 3 heteroatoms. The third-order valence-electron chi connectivity index (χ3n) is 4.58. The molecule has 0 aromatic carbocycles. The van der Waals surface area contributed by atoms with Crippen LogP contribution < -0.4 is 5.32 Å². The van der Waals surface area contributed by atoms with Gasteiger partial charge >= 0.3 is 0 Å². The highest BCUT2D eigenvalue weighted by Gasteiger charge is 2.32. The van der Waals surface area contributed by atoms with Gasteiger partial charge in [0.2, 0.25) is 0 Å². The lowest BCUT2D eigenvalue weighted by molar-refractivity contribution is 0.230. The molecule has 1 saturated carbocycles. The number of piperidine rings is 1. The fraction of sp³-hybridized carbons (Fsp3) is 0.929. The van der Waals surface area contributed by atoms with Crippen molar-refractivity contribution in [1.82, 2.24) is 5.32 Å². The number of aliphatic imine (C=N–C) groups is 1. The Morgan fingerprint density at radius 3 is 2.53 bits per heavy atom. The maximum atomic E-state index is 5.88. The van der Waals surface area contributed by atoms with Crippen LogP contribution in [0.2, 0.25) is 0 Å². The van der Waals surface area contributed by atoms with Gasteiger partial charge in [0, 0.05) is 5.92 Å². The van der Waals surface area contributed by atoms with Crippen molar-refractivity contribution in [1.29, 1.82) is 0 Å². The van der Waals surface area contributed by atoms with Crippen LogP contribution in [0.3, 0.4) is 0 Å². The summed E-state index contributed by atoms with van der Waals surface area (Å²) in [5, 5.41) is 3.40. The van der Waals surface area contributed by atoms with Gasteiger partial charge < -0.3 is 10.1 Å². The Bertz CT molecular complexity index is 278. The summed E-state index contributed by atoms with van der Waals surface area (Å²) in [5.74, 6) is 2.50. The van der Waals surface area contributed by atoms with Crippen LogP contribution in [-0.2, 0) is 4.74 Å². The normalized spacial score (nSPS) is 32.2. The van der Waals surface area contributed by atoms with Crippen molar-refractivity contribution in [3.05, 3.63) is 0 Å². The lowest BCUT2D eigenvalue weighted by atomic mass is 9.84.